The SMILES string of the molecule is CC(C)N1CCCC(NCCC2=CCCC2)CC1. The fourth-order valence-corrected chi connectivity index (χ4v) is 3.24. The highest BCUT2D eigenvalue weighted by atomic mass is 15.1. The van der Waals surface area contributed by atoms with Gasteiger partial charge in [0.2, 0.25) is 0 Å². The maximum Gasteiger partial charge on any atom is 0.00798 e. The van der Waals surface area contributed by atoms with E-state index in [9.17, 15) is 0 Å². The minimum absolute atomic E-state index is 0.715. The van der Waals surface area contributed by atoms with E-state index in [1.54, 1.807) is 5.57 Å². The van der Waals surface area contributed by atoms with Crippen molar-refractivity contribution < 1.29 is 0 Å². The number of rotatable bonds is 5. The molecule has 0 aromatic carbocycles. The van der Waals surface area contributed by atoms with Crippen molar-refractivity contribution in [3.8, 4) is 0 Å². The molecule has 1 saturated heterocycles. The monoisotopic (exact) mass is 250 g/mol. The fraction of sp³-hybridized carbons (Fsp3) is 0.875. The first-order valence-electron chi connectivity index (χ1n) is 7.91. The Morgan fingerprint density at radius 3 is 2.89 bits per heavy atom. The summed E-state index contributed by atoms with van der Waals surface area (Å²) in [7, 11) is 0. The molecule has 0 spiro atoms. The van der Waals surface area contributed by atoms with Crippen LogP contribution < -0.4 is 5.32 Å². The highest BCUT2D eigenvalue weighted by Crippen LogP contribution is 2.20. The Labute approximate surface area is 113 Å². The summed E-state index contributed by atoms with van der Waals surface area (Å²) in [4.78, 5) is 2.63. The lowest BCUT2D eigenvalue weighted by atomic mass is 10.1. The van der Waals surface area contributed by atoms with Gasteiger partial charge in [0.25, 0.3) is 0 Å². The Morgan fingerprint density at radius 2 is 2.17 bits per heavy atom. The Kier molecular flexibility index (Phi) is 5.71. The lowest BCUT2D eigenvalue weighted by Crippen LogP contribution is -2.34. The highest BCUT2D eigenvalue weighted by Gasteiger charge is 2.18. The van der Waals surface area contributed by atoms with E-state index in [0.717, 1.165) is 6.04 Å². The van der Waals surface area contributed by atoms with Crippen LogP contribution >= 0.6 is 0 Å². The van der Waals surface area contributed by atoms with Crippen molar-refractivity contribution in [2.24, 2.45) is 0 Å². The lowest BCUT2D eigenvalue weighted by Gasteiger charge is -2.24. The minimum Gasteiger partial charge on any atom is -0.314 e. The second-order valence-electron chi connectivity index (χ2n) is 6.22. The third-order valence-electron chi connectivity index (χ3n) is 4.51. The first kappa shape index (κ1) is 14.1. The van der Waals surface area contributed by atoms with Crippen molar-refractivity contribution in [2.45, 2.75) is 70.9 Å². The van der Waals surface area contributed by atoms with Crippen molar-refractivity contribution in [3.63, 3.8) is 0 Å². The normalized spacial score (nSPS) is 26.4. The van der Waals surface area contributed by atoms with Gasteiger partial charge in [-0.05, 0) is 78.4 Å². The van der Waals surface area contributed by atoms with Crippen LogP contribution in [0.15, 0.2) is 11.6 Å². The molecule has 1 aliphatic heterocycles. The largest absolute Gasteiger partial charge is 0.314 e. The predicted molar refractivity (Wildman–Crippen MR) is 78.9 cm³/mol. The zero-order valence-corrected chi connectivity index (χ0v) is 12.3. The summed E-state index contributed by atoms with van der Waals surface area (Å²) in [5.41, 5.74) is 1.69. The maximum absolute atomic E-state index is 3.78. The van der Waals surface area contributed by atoms with Crippen LogP contribution in [0.4, 0.5) is 0 Å². The molecule has 0 bridgehead atoms. The maximum atomic E-state index is 3.78. The molecular weight excluding hydrogens is 220 g/mol. The third kappa shape index (κ3) is 4.40. The molecule has 1 N–H and O–H groups in total. The van der Waals surface area contributed by atoms with Crippen molar-refractivity contribution >= 4 is 0 Å². The zero-order chi connectivity index (χ0) is 12.8. The Balaban J connectivity index is 1.64. The van der Waals surface area contributed by atoms with E-state index in [4.69, 9.17) is 0 Å². The molecule has 0 amide bonds. The van der Waals surface area contributed by atoms with E-state index in [1.165, 1.54) is 64.6 Å². The van der Waals surface area contributed by atoms with Crippen LogP contribution in [0.2, 0.25) is 0 Å². The Morgan fingerprint density at radius 1 is 1.28 bits per heavy atom. The first-order valence-corrected chi connectivity index (χ1v) is 7.91. The van der Waals surface area contributed by atoms with E-state index >= 15 is 0 Å². The van der Waals surface area contributed by atoms with Crippen LogP contribution in [0.5, 0.6) is 0 Å². The van der Waals surface area contributed by atoms with Crippen LogP contribution in [0.1, 0.15) is 58.8 Å². The van der Waals surface area contributed by atoms with Crippen LogP contribution in [0.3, 0.4) is 0 Å². The molecule has 1 atom stereocenters. The molecule has 1 unspecified atom stereocenters. The lowest BCUT2D eigenvalue weighted by molar-refractivity contribution is 0.229. The fourth-order valence-electron chi connectivity index (χ4n) is 3.24. The Hall–Kier alpha value is -0.340. The molecule has 1 heterocycles. The van der Waals surface area contributed by atoms with E-state index in [0.29, 0.717) is 6.04 Å². The van der Waals surface area contributed by atoms with Crippen molar-refractivity contribution in [2.75, 3.05) is 19.6 Å². The smallest absolute Gasteiger partial charge is 0.00798 e. The van der Waals surface area contributed by atoms with Gasteiger partial charge in [-0.25, -0.2) is 0 Å². The second-order valence-corrected chi connectivity index (χ2v) is 6.22. The van der Waals surface area contributed by atoms with Crippen LogP contribution in [0.25, 0.3) is 0 Å². The average molecular weight is 250 g/mol. The summed E-state index contributed by atoms with van der Waals surface area (Å²) in [5.74, 6) is 0. The van der Waals surface area contributed by atoms with Gasteiger partial charge < -0.3 is 10.2 Å². The van der Waals surface area contributed by atoms with Crippen molar-refractivity contribution in [3.05, 3.63) is 11.6 Å². The summed E-state index contributed by atoms with van der Waals surface area (Å²) in [5, 5.41) is 3.78. The van der Waals surface area contributed by atoms with Crippen LogP contribution in [-0.2, 0) is 0 Å². The molecule has 0 saturated carbocycles. The van der Waals surface area contributed by atoms with Gasteiger partial charge in [0.1, 0.15) is 0 Å². The van der Waals surface area contributed by atoms with Gasteiger partial charge in [-0.15, -0.1) is 0 Å². The third-order valence-corrected chi connectivity index (χ3v) is 4.51. The van der Waals surface area contributed by atoms with Crippen molar-refractivity contribution in [1.82, 2.24) is 10.2 Å². The van der Waals surface area contributed by atoms with Crippen molar-refractivity contribution in [1.29, 1.82) is 0 Å². The molecule has 2 rings (SSSR count). The Bertz CT molecular complexity index is 270. The molecule has 2 nitrogen and oxygen atoms in total. The van der Waals surface area contributed by atoms with Gasteiger partial charge in [0.05, 0.1) is 0 Å². The number of hydrogen-bond acceptors (Lipinski definition) is 2. The van der Waals surface area contributed by atoms with E-state index in [1.807, 2.05) is 0 Å². The summed E-state index contributed by atoms with van der Waals surface area (Å²) < 4.78 is 0. The molecule has 18 heavy (non-hydrogen) atoms. The van der Waals surface area contributed by atoms with Gasteiger partial charge >= 0.3 is 0 Å². The molecule has 1 aliphatic carbocycles. The first-order chi connectivity index (χ1) is 8.75. The summed E-state index contributed by atoms with van der Waals surface area (Å²) in [6.07, 6.45) is 11.9. The van der Waals surface area contributed by atoms with Gasteiger partial charge in [-0.3, -0.25) is 0 Å². The van der Waals surface area contributed by atoms with Gasteiger partial charge in [0, 0.05) is 12.1 Å². The summed E-state index contributed by atoms with van der Waals surface area (Å²) >= 11 is 0. The predicted octanol–water partition coefficient (Wildman–Crippen LogP) is 3.34. The molecule has 104 valence electrons. The van der Waals surface area contributed by atoms with Gasteiger partial charge in [-0.1, -0.05) is 11.6 Å². The minimum atomic E-state index is 0.715. The number of allylic oxidation sites excluding steroid dienone is 1. The summed E-state index contributed by atoms with van der Waals surface area (Å²) in [6, 6.07) is 1.48. The standard InChI is InChI=1S/C16H30N2/c1-14(2)18-12-5-8-16(10-13-18)17-11-9-15-6-3-4-7-15/h6,14,16-17H,3-5,7-13H2,1-2H3. The van der Waals surface area contributed by atoms with E-state index < -0.39 is 0 Å². The van der Waals surface area contributed by atoms with Gasteiger partial charge in [0.15, 0.2) is 0 Å². The van der Waals surface area contributed by atoms with E-state index in [-0.39, 0.29) is 0 Å². The van der Waals surface area contributed by atoms with Crippen LogP contribution in [-0.4, -0.2) is 36.6 Å². The number of nitrogens with zero attached hydrogens (tertiary/aromatic N) is 1. The number of hydrogen-bond donors (Lipinski definition) is 1. The molecule has 0 radical (unpaired) electrons. The second kappa shape index (κ2) is 7.30. The molecule has 2 heteroatoms. The number of nitrogens with one attached hydrogen (secondary N) is 1. The molecule has 0 aromatic rings. The quantitative estimate of drug-likeness (QED) is 0.753. The van der Waals surface area contributed by atoms with E-state index in [2.05, 4.69) is 30.1 Å². The zero-order valence-electron chi connectivity index (χ0n) is 12.3. The molecule has 2 aliphatic rings. The van der Waals surface area contributed by atoms with Gasteiger partial charge in [-0.2, -0.15) is 0 Å². The summed E-state index contributed by atoms with van der Waals surface area (Å²) in [6.45, 7) is 8.40. The molecule has 1 fully saturated rings. The highest BCUT2D eigenvalue weighted by molar-refractivity contribution is 5.07. The molecule has 0 aromatic heterocycles. The molecular formula is C16H30N2. The average Bonchev–Trinajstić information content (AvgIpc) is 2.73. The van der Waals surface area contributed by atoms with Crippen LogP contribution in [0, 0.1) is 0 Å². The topological polar surface area (TPSA) is 15.3 Å². The number of likely N-dealkylation sites (tertiary alicyclic amines) is 1.